The number of fused-ring (bicyclic) bond motifs is 2. The van der Waals surface area contributed by atoms with E-state index in [0.717, 1.165) is 0 Å². The van der Waals surface area contributed by atoms with E-state index in [1.54, 1.807) is 0 Å². The van der Waals surface area contributed by atoms with Gasteiger partial charge >= 0.3 is 132 Å². The third-order valence-corrected chi connectivity index (χ3v) is 8.60. The summed E-state index contributed by atoms with van der Waals surface area (Å²) >= 11 is -1.45. The Balaban J connectivity index is 2.23. The molecule has 0 saturated carbocycles. The first-order valence-corrected chi connectivity index (χ1v) is 10.8. The van der Waals surface area contributed by atoms with Gasteiger partial charge in [-0.15, -0.1) is 0 Å². The minimum absolute atomic E-state index is 1.26. The summed E-state index contributed by atoms with van der Waals surface area (Å²) in [6.45, 7) is 0. The molecule has 102 valence electrons. The Kier molecular flexibility index (Phi) is 3.27. The van der Waals surface area contributed by atoms with Crippen LogP contribution >= 0.6 is 10.1 Å². The van der Waals surface area contributed by atoms with E-state index in [1.165, 1.54) is 30.4 Å². The van der Waals surface area contributed by atoms with Crippen molar-refractivity contribution in [3.63, 3.8) is 0 Å². The number of hydrogen-bond donors (Lipinski definition) is 0. The van der Waals surface area contributed by atoms with E-state index in [1.807, 2.05) is 0 Å². The second kappa shape index (κ2) is 5.27. The molecule has 0 saturated heterocycles. The van der Waals surface area contributed by atoms with E-state index in [-0.39, 0.29) is 0 Å². The SMILES string of the molecule is Cl[Se]1=c2ccccc2=C(c2ccccc2)c2ccccc21. The average Bonchev–Trinajstić information content (AvgIpc) is 2.56. The van der Waals surface area contributed by atoms with Gasteiger partial charge in [0.05, 0.1) is 0 Å². The summed E-state index contributed by atoms with van der Waals surface area (Å²) in [5, 5.41) is 1.29. The maximum atomic E-state index is 6.84. The van der Waals surface area contributed by atoms with E-state index in [4.69, 9.17) is 10.1 Å². The summed E-state index contributed by atoms with van der Waals surface area (Å²) in [5.74, 6) is 0. The molecule has 0 amide bonds. The molecule has 4 rings (SSSR count). The molecule has 0 spiro atoms. The van der Waals surface area contributed by atoms with Crippen molar-refractivity contribution >= 4 is 32.7 Å². The van der Waals surface area contributed by atoms with Crippen LogP contribution in [0.5, 0.6) is 0 Å². The summed E-state index contributed by atoms with van der Waals surface area (Å²) in [5.41, 5.74) is 3.86. The zero-order chi connectivity index (χ0) is 14.2. The molecule has 1 aliphatic rings. The van der Waals surface area contributed by atoms with E-state index >= 15 is 0 Å². The fourth-order valence-electron chi connectivity index (χ4n) is 2.84. The van der Waals surface area contributed by atoms with Crippen LogP contribution in [-0.2, 0) is 0 Å². The molecule has 3 aromatic carbocycles. The molecule has 1 heterocycles. The average molecular weight is 356 g/mol. The third kappa shape index (κ3) is 2.10. The first kappa shape index (κ1) is 13.0. The van der Waals surface area contributed by atoms with Gasteiger partial charge in [0, 0.05) is 0 Å². The van der Waals surface area contributed by atoms with Crippen LogP contribution in [0, 0.1) is 4.06 Å². The Morgan fingerprint density at radius 3 is 2.19 bits per heavy atom. The molecule has 0 nitrogen and oxygen atoms in total. The molecule has 1 unspecified atom stereocenters. The van der Waals surface area contributed by atoms with Crippen molar-refractivity contribution in [2.24, 2.45) is 0 Å². The number of hydrogen-bond acceptors (Lipinski definition) is 0. The van der Waals surface area contributed by atoms with E-state index < -0.39 is 12.6 Å². The molecule has 0 aliphatic carbocycles. The van der Waals surface area contributed by atoms with Crippen molar-refractivity contribution in [3.8, 4) is 0 Å². The molecule has 0 N–H and O–H groups in total. The molecule has 2 heteroatoms. The first-order chi connectivity index (χ1) is 10.4. The van der Waals surface area contributed by atoms with Crippen LogP contribution in [-0.4, -0.2) is 12.6 Å². The fraction of sp³-hybridized carbons (Fsp3) is 0. The van der Waals surface area contributed by atoms with Crippen LogP contribution in [0.15, 0.2) is 78.9 Å². The van der Waals surface area contributed by atoms with Gasteiger partial charge in [-0.05, 0) is 0 Å². The van der Waals surface area contributed by atoms with Crippen LogP contribution in [0.2, 0.25) is 0 Å². The van der Waals surface area contributed by atoms with Crippen LogP contribution in [0.3, 0.4) is 0 Å². The van der Waals surface area contributed by atoms with Crippen molar-refractivity contribution < 1.29 is 0 Å². The van der Waals surface area contributed by atoms with E-state index in [9.17, 15) is 0 Å². The predicted molar refractivity (Wildman–Crippen MR) is 90.6 cm³/mol. The van der Waals surface area contributed by atoms with Gasteiger partial charge in [0.15, 0.2) is 0 Å². The number of halogens is 1. The van der Waals surface area contributed by atoms with Gasteiger partial charge in [0.2, 0.25) is 0 Å². The van der Waals surface area contributed by atoms with E-state index in [2.05, 4.69) is 78.9 Å². The van der Waals surface area contributed by atoms with Crippen molar-refractivity contribution in [1.29, 1.82) is 0 Å². The fourth-order valence-corrected chi connectivity index (χ4v) is 7.09. The Labute approximate surface area is 132 Å². The molecule has 3 aromatic rings. The van der Waals surface area contributed by atoms with Crippen LogP contribution < -0.4 is 9.68 Å². The Bertz CT molecular complexity index is 943. The van der Waals surface area contributed by atoms with Gasteiger partial charge in [0.1, 0.15) is 0 Å². The van der Waals surface area contributed by atoms with Crippen LogP contribution in [0.25, 0.3) is 5.57 Å². The Hall–Kier alpha value is -1.66. The standard InChI is InChI=1S/C19H13ClSe/c20-21-17-12-6-4-10-15(17)19(14-8-2-1-3-9-14)16-11-5-7-13-18(16)21/h1-13H. The monoisotopic (exact) mass is 356 g/mol. The summed E-state index contributed by atoms with van der Waals surface area (Å²) in [7, 11) is 6.84. The van der Waals surface area contributed by atoms with Gasteiger partial charge in [-0.2, -0.15) is 0 Å². The molecule has 1 atom stereocenters. The van der Waals surface area contributed by atoms with Crippen molar-refractivity contribution in [2.45, 2.75) is 0 Å². The Morgan fingerprint density at radius 1 is 0.667 bits per heavy atom. The minimum atomic E-state index is -1.45. The van der Waals surface area contributed by atoms with Gasteiger partial charge in [-0.1, -0.05) is 0 Å². The third-order valence-electron chi connectivity index (χ3n) is 3.76. The summed E-state index contributed by atoms with van der Waals surface area (Å²) in [4.78, 5) is 0. The maximum absolute atomic E-state index is 6.84. The molecule has 1 aliphatic heterocycles. The summed E-state index contributed by atoms with van der Waals surface area (Å²) in [6, 6.07) is 27.8. The molecule has 0 aromatic heterocycles. The molecular weight excluding hydrogens is 343 g/mol. The number of benzene rings is 3. The van der Waals surface area contributed by atoms with Crippen molar-refractivity contribution in [3.05, 3.63) is 99.3 Å². The first-order valence-electron chi connectivity index (χ1n) is 6.88. The van der Waals surface area contributed by atoms with Gasteiger partial charge in [0.25, 0.3) is 0 Å². The topological polar surface area (TPSA) is 0 Å². The second-order valence-corrected chi connectivity index (χ2v) is 9.51. The zero-order valence-electron chi connectivity index (χ0n) is 11.3. The molecule has 0 radical (unpaired) electrons. The normalized spacial score (nSPS) is 16.2. The summed E-state index contributed by atoms with van der Waals surface area (Å²) < 4.78 is 2.63. The molecule has 0 bridgehead atoms. The quantitative estimate of drug-likeness (QED) is 0.588. The van der Waals surface area contributed by atoms with Gasteiger partial charge in [-0.25, -0.2) is 0 Å². The zero-order valence-corrected chi connectivity index (χ0v) is 13.8. The van der Waals surface area contributed by atoms with Gasteiger partial charge in [-0.3, -0.25) is 0 Å². The Morgan fingerprint density at radius 2 is 1.33 bits per heavy atom. The predicted octanol–water partition coefficient (Wildman–Crippen LogP) is 3.22. The van der Waals surface area contributed by atoms with Crippen LogP contribution in [0.4, 0.5) is 0 Å². The summed E-state index contributed by atoms with van der Waals surface area (Å²) in [6.07, 6.45) is 0. The van der Waals surface area contributed by atoms with Crippen LogP contribution in [0.1, 0.15) is 11.1 Å². The second-order valence-electron chi connectivity index (χ2n) is 4.99. The number of rotatable bonds is 1. The molecular formula is C19H13ClSe. The van der Waals surface area contributed by atoms with Crippen molar-refractivity contribution in [1.82, 2.24) is 0 Å². The van der Waals surface area contributed by atoms with Gasteiger partial charge < -0.3 is 0 Å². The molecule has 0 fully saturated rings. The van der Waals surface area contributed by atoms with E-state index in [0.29, 0.717) is 0 Å². The van der Waals surface area contributed by atoms with Crippen molar-refractivity contribution in [2.75, 3.05) is 0 Å². The molecule has 21 heavy (non-hydrogen) atoms.